The SMILES string of the molecule is Cc1cc(Cc2cc(C(C)(C)C)ccc2O)c(O)c(Cc2cc(C(C)(C)C)ccc2O)c1. The van der Waals surface area contributed by atoms with Gasteiger partial charge in [-0.1, -0.05) is 83.5 Å². The molecule has 0 bridgehead atoms. The standard InChI is InChI=1S/C29H36O3/c1-18-12-21(14-19-16-23(28(2,3)4)8-10-25(19)30)27(32)22(13-18)15-20-17-24(29(5,6)7)9-11-26(20)31/h8-13,16-17,30-32H,14-15H2,1-7H3. The van der Waals surface area contributed by atoms with E-state index >= 15 is 0 Å². The summed E-state index contributed by atoms with van der Waals surface area (Å²) in [5, 5.41) is 32.0. The van der Waals surface area contributed by atoms with Crippen LogP contribution < -0.4 is 0 Å². The summed E-state index contributed by atoms with van der Waals surface area (Å²) in [5.74, 6) is 0.684. The second-order valence-electron chi connectivity index (χ2n) is 11.0. The molecule has 0 radical (unpaired) electrons. The van der Waals surface area contributed by atoms with Crippen molar-refractivity contribution in [2.45, 2.75) is 72.1 Å². The Balaban J connectivity index is 1.99. The van der Waals surface area contributed by atoms with Gasteiger partial charge >= 0.3 is 0 Å². The molecule has 0 amide bonds. The van der Waals surface area contributed by atoms with Crippen molar-refractivity contribution >= 4 is 0 Å². The predicted octanol–water partition coefficient (Wildman–Crippen LogP) is 6.89. The highest BCUT2D eigenvalue weighted by atomic mass is 16.3. The van der Waals surface area contributed by atoms with Crippen LogP contribution in [-0.4, -0.2) is 15.3 Å². The summed E-state index contributed by atoms with van der Waals surface area (Å²) < 4.78 is 0. The Morgan fingerprint density at radius 3 is 1.28 bits per heavy atom. The summed E-state index contributed by atoms with van der Waals surface area (Å²) in [4.78, 5) is 0. The quantitative estimate of drug-likeness (QED) is 0.421. The molecule has 0 aliphatic rings. The molecule has 3 aromatic carbocycles. The largest absolute Gasteiger partial charge is 0.508 e. The number of aromatic hydroxyl groups is 3. The Labute approximate surface area is 192 Å². The lowest BCUT2D eigenvalue weighted by Gasteiger charge is -2.21. The molecule has 3 aromatic rings. The fraction of sp³-hybridized carbons (Fsp3) is 0.379. The molecule has 3 heteroatoms. The molecule has 3 nitrogen and oxygen atoms in total. The van der Waals surface area contributed by atoms with Crippen molar-refractivity contribution in [3.63, 3.8) is 0 Å². The van der Waals surface area contributed by atoms with Gasteiger partial charge in [0.1, 0.15) is 17.2 Å². The summed E-state index contributed by atoms with van der Waals surface area (Å²) >= 11 is 0. The van der Waals surface area contributed by atoms with Gasteiger partial charge in [0.2, 0.25) is 0 Å². The molecule has 0 atom stereocenters. The van der Waals surface area contributed by atoms with Crippen LogP contribution in [-0.2, 0) is 23.7 Å². The van der Waals surface area contributed by atoms with E-state index in [1.165, 1.54) is 0 Å². The lowest BCUT2D eigenvalue weighted by Crippen LogP contribution is -2.11. The van der Waals surface area contributed by atoms with E-state index in [4.69, 9.17) is 0 Å². The van der Waals surface area contributed by atoms with Crippen LogP contribution in [0, 0.1) is 6.92 Å². The lowest BCUT2D eigenvalue weighted by molar-refractivity contribution is 0.456. The van der Waals surface area contributed by atoms with Gasteiger partial charge in [-0.25, -0.2) is 0 Å². The third-order valence-electron chi connectivity index (χ3n) is 6.06. The number of phenolic OH excluding ortho intramolecular Hbond substituents is 3. The highest BCUT2D eigenvalue weighted by Gasteiger charge is 2.19. The Morgan fingerprint density at radius 2 is 0.938 bits per heavy atom. The molecule has 0 saturated heterocycles. The van der Waals surface area contributed by atoms with Crippen molar-refractivity contribution in [1.82, 2.24) is 0 Å². The molecule has 0 saturated carbocycles. The number of benzene rings is 3. The topological polar surface area (TPSA) is 60.7 Å². The van der Waals surface area contributed by atoms with Crippen LogP contribution >= 0.6 is 0 Å². The molecular weight excluding hydrogens is 396 g/mol. The Morgan fingerprint density at radius 1 is 0.562 bits per heavy atom. The summed E-state index contributed by atoms with van der Waals surface area (Å²) in [5.41, 5.74) is 6.38. The summed E-state index contributed by atoms with van der Waals surface area (Å²) in [6, 6.07) is 15.3. The Hall–Kier alpha value is -2.94. The van der Waals surface area contributed by atoms with Crippen molar-refractivity contribution in [2.24, 2.45) is 0 Å². The third kappa shape index (κ3) is 5.27. The average molecular weight is 433 g/mol. The van der Waals surface area contributed by atoms with Gasteiger partial charge in [-0.15, -0.1) is 0 Å². The highest BCUT2D eigenvalue weighted by Crippen LogP contribution is 2.35. The van der Waals surface area contributed by atoms with E-state index in [9.17, 15) is 15.3 Å². The summed E-state index contributed by atoms with van der Waals surface area (Å²) in [6.45, 7) is 14.9. The molecule has 170 valence electrons. The minimum Gasteiger partial charge on any atom is -0.508 e. The first-order valence-corrected chi connectivity index (χ1v) is 11.2. The van der Waals surface area contributed by atoms with Crippen molar-refractivity contribution < 1.29 is 15.3 Å². The molecule has 0 aliphatic heterocycles. The van der Waals surface area contributed by atoms with Crippen LogP contribution in [0.1, 0.15) is 80.5 Å². The molecule has 0 fully saturated rings. The molecule has 0 aromatic heterocycles. The second kappa shape index (κ2) is 8.54. The Kier molecular flexibility index (Phi) is 6.33. The number of hydrogen-bond donors (Lipinski definition) is 3. The van der Waals surface area contributed by atoms with Gasteiger partial charge in [0.25, 0.3) is 0 Å². The lowest BCUT2D eigenvalue weighted by atomic mass is 9.84. The zero-order chi connectivity index (χ0) is 23.8. The number of phenols is 3. The van der Waals surface area contributed by atoms with Crippen molar-refractivity contribution in [2.75, 3.05) is 0 Å². The molecule has 0 unspecified atom stereocenters. The van der Waals surface area contributed by atoms with Crippen LogP contribution in [0.2, 0.25) is 0 Å². The van der Waals surface area contributed by atoms with Crippen LogP contribution in [0.25, 0.3) is 0 Å². The maximum absolute atomic E-state index is 11.1. The monoisotopic (exact) mass is 432 g/mol. The molecule has 3 N–H and O–H groups in total. The van der Waals surface area contributed by atoms with Gasteiger partial charge in [0.05, 0.1) is 0 Å². The molecule has 0 aliphatic carbocycles. The predicted molar refractivity (Wildman–Crippen MR) is 132 cm³/mol. The van der Waals surface area contributed by atoms with Gasteiger partial charge in [-0.05, 0) is 63.3 Å². The minimum atomic E-state index is -0.0299. The molecule has 3 rings (SSSR count). The van der Waals surface area contributed by atoms with Crippen LogP contribution in [0.15, 0.2) is 48.5 Å². The molecule has 0 heterocycles. The summed E-state index contributed by atoms with van der Waals surface area (Å²) in [7, 11) is 0. The van der Waals surface area contributed by atoms with Crippen LogP contribution in [0.5, 0.6) is 17.2 Å². The van der Waals surface area contributed by atoms with Gasteiger partial charge in [0, 0.05) is 12.8 Å². The summed E-state index contributed by atoms with van der Waals surface area (Å²) in [6.07, 6.45) is 0.870. The fourth-order valence-electron chi connectivity index (χ4n) is 4.00. The molecular formula is C29H36O3. The second-order valence-corrected chi connectivity index (χ2v) is 11.0. The molecule has 0 spiro atoms. The first kappa shape index (κ1) is 23.7. The Bertz CT molecular complexity index is 1040. The van der Waals surface area contributed by atoms with Gasteiger partial charge < -0.3 is 15.3 Å². The average Bonchev–Trinajstić information content (AvgIpc) is 2.67. The number of rotatable bonds is 4. The third-order valence-corrected chi connectivity index (χ3v) is 6.06. The van der Waals surface area contributed by atoms with E-state index in [2.05, 4.69) is 41.5 Å². The maximum atomic E-state index is 11.1. The van der Waals surface area contributed by atoms with E-state index in [1.807, 2.05) is 43.3 Å². The van der Waals surface area contributed by atoms with Gasteiger partial charge in [-0.2, -0.15) is 0 Å². The normalized spacial score (nSPS) is 12.2. The van der Waals surface area contributed by atoms with E-state index in [-0.39, 0.29) is 28.1 Å². The minimum absolute atomic E-state index is 0.0299. The highest BCUT2D eigenvalue weighted by molar-refractivity contribution is 5.51. The van der Waals surface area contributed by atoms with Gasteiger partial charge in [0.15, 0.2) is 0 Å². The van der Waals surface area contributed by atoms with Gasteiger partial charge in [-0.3, -0.25) is 0 Å². The zero-order valence-electron chi connectivity index (χ0n) is 20.4. The maximum Gasteiger partial charge on any atom is 0.122 e. The first-order chi connectivity index (χ1) is 14.8. The van der Waals surface area contributed by atoms with E-state index < -0.39 is 0 Å². The fourth-order valence-corrected chi connectivity index (χ4v) is 4.00. The van der Waals surface area contributed by atoms with Crippen molar-refractivity contribution in [3.05, 3.63) is 87.5 Å². The number of hydrogen-bond acceptors (Lipinski definition) is 3. The van der Waals surface area contributed by atoms with Crippen LogP contribution in [0.3, 0.4) is 0 Å². The smallest absolute Gasteiger partial charge is 0.122 e. The van der Waals surface area contributed by atoms with E-state index in [1.54, 1.807) is 12.1 Å². The first-order valence-electron chi connectivity index (χ1n) is 11.2. The molecule has 32 heavy (non-hydrogen) atoms. The van der Waals surface area contributed by atoms with Crippen molar-refractivity contribution in [3.8, 4) is 17.2 Å². The van der Waals surface area contributed by atoms with Crippen LogP contribution in [0.4, 0.5) is 0 Å². The van der Waals surface area contributed by atoms with E-state index in [0.717, 1.165) is 38.9 Å². The van der Waals surface area contributed by atoms with Crippen molar-refractivity contribution in [1.29, 1.82) is 0 Å². The zero-order valence-corrected chi connectivity index (χ0v) is 20.4. The van der Waals surface area contributed by atoms with E-state index in [0.29, 0.717) is 12.8 Å². The number of aryl methyl sites for hydroxylation is 1.